The summed E-state index contributed by atoms with van der Waals surface area (Å²) in [4.78, 5) is 1.37. The van der Waals surface area contributed by atoms with Crippen LogP contribution in [0.5, 0.6) is 0 Å². The maximum atomic E-state index is 6.85. The number of rotatable bonds is 2. The highest BCUT2D eigenvalue weighted by molar-refractivity contribution is 7.98. The van der Waals surface area contributed by atoms with Crippen LogP contribution in [0.2, 0.25) is 0 Å². The number of benzene rings is 2. The van der Waals surface area contributed by atoms with Crippen molar-refractivity contribution in [3.05, 3.63) is 65.2 Å². The van der Waals surface area contributed by atoms with Crippen molar-refractivity contribution in [2.24, 2.45) is 11.8 Å². The standard InChI is InChI=1S/C22H22O2S/c1-2-6-17-13(5-1)12-25-19-8-4-3-7-18(19)22(17)23-16-10-14-9-15(11-16)21-20(14)24-21/h1-8,14-16,20-22H,9-12H2. The first kappa shape index (κ1) is 14.8. The zero-order chi connectivity index (χ0) is 16.4. The normalized spacial score (nSPS) is 37.6. The third-order valence-electron chi connectivity index (χ3n) is 6.48. The van der Waals surface area contributed by atoms with E-state index in [1.54, 1.807) is 0 Å². The fraction of sp³-hybridized carbons (Fsp3) is 0.455. The highest BCUT2D eigenvalue weighted by atomic mass is 32.2. The number of thioether (sulfide) groups is 1. The minimum absolute atomic E-state index is 0.0714. The van der Waals surface area contributed by atoms with E-state index in [-0.39, 0.29) is 6.10 Å². The van der Waals surface area contributed by atoms with E-state index in [4.69, 9.17) is 9.47 Å². The second-order valence-electron chi connectivity index (χ2n) is 7.96. The van der Waals surface area contributed by atoms with Gasteiger partial charge in [0.2, 0.25) is 0 Å². The monoisotopic (exact) mass is 350 g/mol. The fourth-order valence-corrected chi connectivity index (χ4v) is 6.40. The van der Waals surface area contributed by atoms with Gasteiger partial charge in [-0.2, -0.15) is 0 Å². The van der Waals surface area contributed by atoms with Gasteiger partial charge in [-0.1, -0.05) is 42.5 Å². The quantitative estimate of drug-likeness (QED) is 0.714. The van der Waals surface area contributed by atoms with E-state index in [0.717, 1.165) is 17.6 Å². The highest BCUT2D eigenvalue weighted by Gasteiger charge is 2.59. The van der Waals surface area contributed by atoms with Gasteiger partial charge >= 0.3 is 0 Å². The van der Waals surface area contributed by atoms with Gasteiger partial charge in [-0.15, -0.1) is 11.8 Å². The zero-order valence-corrected chi connectivity index (χ0v) is 15.0. The zero-order valence-electron chi connectivity index (χ0n) is 14.1. The molecule has 3 heteroatoms. The summed E-state index contributed by atoms with van der Waals surface area (Å²) < 4.78 is 12.7. The Balaban J connectivity index is 1.36. The van der Waals surface area contributed by atoms with E-state index in [9.17, 15) is 0 Å². The first-order valence-electron chi connectivity index (χ1n) is 9.47. The Morgan fingerprint density at radius 3 is 2.40 bits per heavy atom. The first-order chi connectivity index (χ1) is 12.4. The number of hydrogen-bond donors (Lipinski definition) is 0. The van der Waals surface area contributed by atoms with Crippen molar-refractivity contribution in [1.29, 1.82) is 0 Å². The molecular weight excluding hydrogens is 328 g/mol. The lowest BCUT2D eigenvalue weighted by atomic mass is 9.85. The van der Waals surface area contributed by atoms with Crippen molar-refractivity contribution >= 4 is 11.8 Å². The summed E-state index contributed by atoms with van der Waals surface area (Å²) >= 11 is 1.94. The van der Waals surface area contributed by atoms with E-state index in [2.05, 4.69) is 48.5 Å². The summed E-state index contributed by atoms with van der Waals surface area (Å²) in [5.74, 6) is 2.50. The summed E-state index contributed by atoms with van der Waals surface area (Å²) in [5, 5.41) is 0. The van der Waals surface area contributed by atoms with E-state index >= 15 is 0 Å². The van der Waals surface area contributed by atoms with E-state index in [1.807, 2.05) is 11.8 Å². The molecule has 2 heterocycles. The van der Waals surface area contributed by atoms with Gasteiger partial charge in [0.1, 0.15) is 6.10 Å². The van der Waals surface area contributed by atoms with Crippen LogP contribution < -0.4 is 0 Å². The molecule has 6 rings (SSSR count). The van der Waals surface area contributed by atoms with Crippen molar-refractivity contribution in [3.63, 3.8) is 0 Å². The Morgan fingerprint density at radius 2 is 1.56 bits per heavy atom. The second kappa shape index (κ2) is 5.60. The van der Waals surface area contributed by atoms with Crippen molar-refractivity contribution in [1.82, 2.24) is 0 Å². The molecule has 2 saturated carbocycles. The van der Waals surface area contributed by atoms with E-state index in [0.29, 0.717) is 18.3 Å². The molecule has 2 aliphatic carbocycles. The van der Waals surface area contributed by atoms with Crippen molar-refractivity contribution in [3.8, 4) is 0 Å². The van der Waals surface area contributed by atoms with Crippen LogP contribution in [0.4, 0.5) is 0 Å². The lowest BCUT2D eigenvalue weighted by Crippen LogP contribution is -2.29. The lowest BCUT2D eigenvalue weighted by molar-refractivity contribution is -0.0427. The van der Waals surface area contributed by atoms with Crippen LogP contribution >= 0.6 is 11.8 Å². The molecule has 128 valence electrons. The van der Waals surface area contributed by atoms with Crippen molar-refractivity contribution in [2.75, 3.05) is 0 Å². The molecule has 0 radical (unpaired) electrons. The number of hydrogen-bond acceptors (Lipinski definition) is 3. The molecule has 0 N–H and O–H groups in total. The molecule has 2 bridgehead atoms. The maximum Gasteiger partial charge on any atom is 0.109 e. The van der Waals surface area contributed by atoms with Gasteiger partial charge in [0.05, 0.1) is 18.3 Å². The van der Waals surface area contributed by atoms with Gasteiger partial charge in [-0.25, -0.2) is 0 Å². The topological polar surface area (TPSA) is 21.8 Å². The van der Waals surface area contributed by atoms with Crippen LogP contribution in [0.1, 0.15) is 42.1 Å². The maximum absolute atomic E-state index is 6.85. The van der Waals surface area contributed by atoms with Gasteiger partial charge in [-0.05, 0) is 53.9 Å². The highest BCUT2D eigenvalue weighted by Crippen LogP contribution is 2.55. The molecule has 2 aliphatic heterocycles. The Labute approximate surface area is 152 Å². The Hall–Kier alpha value is -1.29. The summed E-state index contributed by atoms with van der Waals surface area (Å²) in [5.41, 5.74) is 4.12. The van der Waals surface area contributed by atoms with Gasteiger partial charge in [0, 0.05) is 10.6 Å². The largest absolute Gasteiger partial charge is 0.369 e. The molecule has 2 aromatic rings. The fourth-order valence-electron chi connectivity index (χ4n) is 5.31. The number of ether oxygens (including phenoxy) is 2. The van der Waals surface area contributed by atoms with Crippen LogP contribution in [0.3, 0.4) is 0 Å². The van der Waals surface area contributed by atoms with Crippen LogP contribution in [-0.2, 0) is 15.2 Å². The molecule has 5 unspecified atom stereocenters. The Morgan fingerprint density at radius 1 is 0.840 bits per heavy atom. The summed E-state index contributed by atoms with van der Waals surface area (Å²) in [6, 6.07) is 17.6. The summed E-state index contributed by atoms with van der Waals surface area (Å²) in [7, 11) is 0. The third-order valence-corrected chi connectivity index (χ3v) is 7.62. The molecule has 0 amide bonds. The summed E-state index contributed by atoms with van der Waals surface area (Å²) in [6.45, 7) is 0. The van der Waals surface area contributed by atoms with Crippen LogP contribution in [0, 0.1) is 11.8 Å². The molecule has 0 aromatic heterocycles. The average Bonchev–Trinajstić information content (AvgIpc) is 3.43. The number of fused-ring (bicyclic) bond motifs is 7. The van der Waals surface area contributed by atoms with Gasteiger partial charge in [-0.3, -0.25) is 0 Å². The lowest BCUT2D eigenvalue weighted by Gasteiger charge is -2.33. The van der Waals surface area contributed by atoms with E-state index in [1.165, 1.54) is 40.8 Å². The molecule has 4 aliphatic rings. The second-order valence-corrected chi connectivity index (χ2v) is 8.97. The van der Waals surface area contributed by atoms with Gasteiger partial charge in [0.25, 0.3) is 0 Å². The predicted octanol–water partition coefficient (Wildman–Crippen LogP) is 4.96. The van der Waals surface area contributed by atoms with Crippen LogP contribution in [0.25, 0.3) is 0 Å². The number of epoxide rings is 1. The molecule has 1 saturated heterocycles. The molecule has 5 atom stereocenters. The van der Waals surface area contributed by atoms with Crippen LogP contribution in [-0.4, -0.2) is 18.3 Å². The van der Waals surface area contributed by atoms with Crippen molar-refractivity contribution < 1.29 is 9.47 Å². The summed E-state index contributed by atoms with van der Waals surface area (Å²) in [6.07, 6.45) is 5.27. The van der Waals surface area contributed by atoms with E-state index < -0.39 is 0 Å². The van der Waals surface area contributed by atoms with Gasteiger partial charge < -0.3 is 9.47 Å². The molecule has 0 spiro atoms. The molecular formula is C22H22O2S. The SMILES string of the molecule is c1ccc2c(c1)CSc1ccccc1C2OC1CC2CC(C1)C1OC21. The Kier molecular flexibility index (Phi) is 3.32. The van der Waals surface area contributed by atoms with Crippen molar-refractivity contribution in [2.45, 2.75) is 54.3 Å². The minimum Gasteiger partial charge on any atom is -0.369 e. The van der Waals surface area contributed by atoms with Crippen LogP contribution in [0.15, 0.2) is 53.4 Å². The molecule has 3 fully saturated rings. The minimum atomic E-state index is 0.0714. The third kappa shape index (κ3) is 2.40. The van der Waals surface area contributed by atoms with Gasteiger partial charge in [0.15, 0.2) is 0 Å². The molecule has 2 nitrogen and oxygen atoms in total. The predicted molar refractivity (Wildman–Crippen MR) is 98.7 cm³/mol. The average molecular weight is 350 g/mol. The first-order valence-corrected chi connectivity index (χ1v) is 10.5. The smallest absolute Gasteiger partial charge is 0.109 e. The molecule has 25 heavy (non-hydrogen) atoms. The molecule has 2 aromatic carbocycles. The Bertz CT molecular complexity index is 756.